The molecule has 3 heteroatoms. The van der Waals surface area contributed by atoms with Gasteiger partial charge in [-0.25, -0.2) is 5.53 Å². The van der Waals surface area contributed by atoms with Crippen molar-refractivity contribution in [2.75, 3.05) is 19.6 Å². The Morgan fingerprint density at radius 3 is 2.88 bits per heavy atom. The first-order valence-corrected chi connectivity index (χ1v) is 2.95. The predicted octanol–water partition coefficient (Wildman–Crippen LogP) is 1.02. The maximum absolute atomic E-state index is 6.44. The standard InChI is InChI=1S/C5H13N3/c1-2-7-4-3-5-8-6/h6-7H,2-5H2,1H3. The lowest BCUT2D eigenvalue weighted by Crippen LogP contribution is -2.14. The molecule has 2 N–H and O–H groups in total. The summed E-state index contributed by atoms with van der Waals surface area (Å²) in [5.41, 5.74) is 6.44. The number of nitrogens with one attached hydrogen (secondary N) is 2. The molecule has 0 radical (unpaired) electrons. The highest BCUT2D eigenvalue weighted by molar-refractivity contribution is 4.43. The van der Waals surface area contributed by atoms with Gasteiger partial charge in [0.25, 0.3) is 0 Å². The van der Waals surface area contributed by atoms with Crippen molar-refractivity contribution < 1.29 is 0 Å². The normalized spacial score (nSPS) is 9.12. The molecule has 0 spiro atoms. The quantitative estimate of drug-likeness (QED) is 0.408. The van der Waals surface area contributed by atoms with Crippen LogP contribution in [-0.4, -0.2) is 19.6 Å². The second kappa shape index (κ2) is 6.56. The van der Waals surface area contributed by atoms with E-state index >= 15 is 0 Å². The fraction of sp³-hybridized carbons (Fsp3) is 1.00. The molecule has 0 rings (SSSR count). The summed E-state index contributed by atoms with van der Waals surface area (Å²) in [7, 11) is 0. The van der Waals surface area contributed by atoms with Gasteiger partial charge in [0.05, 0.1) is 6.54 Å². The van der Waals surface area contributed by atoms with Crippen LogP contribution >= 0.6 is 0 Å². The molecule has 0 atom stereocenters. The summed E-state index contributed by atoms with van der Waals surface area (Å²) in [6, 6.07) is 0. The van der Waals surface area contributed by atoms with Crippen LogP contribution in [0.15, 0.2) is 5.11 Å². The van der Waals surface area contributed by atoms with Gasteiger partial charge in [0.15, 0.2) is 0 Å². The summed E-state index contributed by atoms with van der Waals surface area (Å²) in [6.45, 7) is 4.72. The van der Waals surface area contributed by atoms with Gasteiger partial charge in [-0.2, -0.15) is 5.11 Å². The fourth-order valence-corrected chi connectivity index (χ4v) is 0.460. The van der Waals surface area contributed by atoms with Crippen LogP contribution in [0.4, 0.5) is 0 Å². The molecule has 0 aliphatic carbocycles. The Hall–Kier alpha value is -0.440. The van der Waals surface area contributed by atoms with Crippen LogP contribution in [0.5, 0.6) is 0 Å². The molecule has 0 fully saturated rings. The summed E-state index contributed by atoms with van der Waals surface area (Å²) in [6.07, 6.45) is 0.983. The van der Waals surface area contributed by atoms with Gasteiger partial charge >= 0.3 is 0 Å². The van der Waals surface area contributed by atoms with Gasteiger partial charge < -0.3 is 5.32 Å². The molecule has 0 unspecified atom stereocenters. The summed E-state index contributed by atoms with van der Waals surface area (Å²) in [5, 5.41) is 6.36. The van der Waals surface area contributed by atoms with Crippen molar-refractivity contribution in [1.29, 1.82) is 5.53 Å². The predicted molar refractivity (Wildman–Crippen MR) is 33.2 cm³/mol. The van der Waals surface area contributed by atoms with Crippen molar-refractivity contribution in [2.24, 2.45) is 5.11 Å². The van der Waals surface area contributed by atoms with Gasteiger partial charge in [0.2, 0.25) is 0 Å². The highest BCUT2D eigenvalue weighted by atomic mass is 14.9. The zero-order chi connectivity index (χ0) is 6.24. The molecule has 0 bridgehead atoms. The molecule has 0 aromatic carbocycles. The first kappa shape index (κ1) is 7.56. The lowest BCUT2D eigenvalue weighted by Gasteiger charge is -1.94. The molecular formula is C5H13N3. The minimum Gasteiger partial charge on any atom is -0.317 e. The average Bonchev–Trinajstić information content (AvgIpc) is 1.81. The van der Waals surface area contributed by atoms with Gasteiger partial charge in [-0.15, -0.1) is 0 Å². The Morgan fingerprint density at radius 2 is 2.38 bits per heavy atom. The molecule has 0 aromatic rings. The third-order valence-electron chi connectivity index (χ3n) is 0.873. The van der Waals surface area contributed by atoms with Crippen LogP contribution in [0.25, 0.3) is 0 Å². The van der Waals surface area contributed by atoms with Crippen molar-refractivity contribution in [3.8, 4) is 0 Å². The molecule has 0 saturated heterocycles. The monoisotopic (exact) mass is 115 g/mol. The van der Waals surface area contributed by atoms with Gasteiger partial charge in [-0.05, 0) is 19.5 Å². The first-order valence-electron chi connectivity index (χ1n) is 2.95. The van der Waals surface area contributed by atoms with Crippen LogP contribution in [0.2, 0.25) is 0 Å². The summed E-state index contributed by atoms with van der Waals surface area (Å²) >= 11 is 0. The molecule has 0 saturated carbocycles. The van der Waals surface area contributed by atoms with E-state index in [9.17, 15) is 0 Å². The Morgan fingerprint density at radius 1 is 1.62 bits per heavy atom. The zero-order valence-electron chi connectivity index (χ0n) is 5.28. The van der Waals surface area contributed by atoms with E-state index in [2.05, 4.69) is 17.4 Å². The highest BCUT2D eigenvalue weighted by Crippen LogP contribution is 1.75. The van der Waals surface area contributed by atoms with Crippen LogP contribution in [-0.2, 0) is 0 Å². The third-order valence-corrected chi connectivity index (χ3v) is 0.873. The van der Waals surface area contributed by atoms with E-state index in [0.717, 1.165) is 19.5 Å². The van der Waals surface area contributed by atoms with Gasteiger partial charge in [-0.3, -0.25) is 0 Å². The smallest absolute Gasteiger partial charge is 0.0608 e. The molecule has 0 heterocycles. The molecule has 48 valence electrons. The Bertz CT molecular complexity index is 53.6. The minimum absolute atomic E-state index is 0.660. The van der Waals surface area contributed by atoms with Gasteiger partial charge in [-0.1, -0.05) is 6.92 Å². The SMILES string of the molecule is CCNCCCN=N. The number of rotatable bonds is 5. The summed E-state index contributed by atoms with van der Waals surface area (Å²) in [5.74, 6) is 0. The van der Waals surface area contributed by atoms with Crippen molar-refractivity contribution in [3.63, 3.8) is 0 Å². The van der Waals surface area contributed by atoms with E-state index in [4.69, 9.17) is 5.53 Å². The van der Waals surface area contributed by atoms with E-state index in [1.165, 1.54) is 0 Å². The summed E-state index contributed by atoms with van der Waals surface area (Å²) in [4.78, 5) is 0. The molecule has 3 nitrogen and oxygen atoms in total. The Balaban J connectivity index is 2.62. The van der Waals surface area contributed by atoms with Crippen LogP contribution in [0.3, 0.4) is 0 Å². The second-order valence-corrected chi connectivity index (χ2v) is 1.59. The van der Waals surface area contributed by atoms with Gasteiger partial charge in [0, 0.05) is 0 Å². The molecular weight excluding hydrogens is 102 g/mol. The largest absolute Gasteiger partial charge is 0.317 e. The van der Waals surface area contributed by atoms with Crippen molar-refractivity contribution in [3.05, 3.63) is 0 Å². The fourth-order valence-electron chi connectivity index (χ4n) is 0.460. The van der Waals surface area contributed by atoms with Crippen LogP contribution in [0, 0.1) is 5.53 Å². The topological polar surface area (TPSA) is 48.2 Å². The minimum atomic E-state index is 0.660. The van der Waals surface area contributed by atoms with Crippen LogP contribution in [0.1, 0.15) is 13.3 Å². The maximum Gasteiger partial charge on any atom is 0.0608 e. The lowest BCUT2D eigenvalue weighted by molar-refractivity contribution is 0.666. The zero-order valence-corrected chi connectivity index (χ0v) is 5.28. The van der Waals surface area contributed by atoms with Crippen molar-refractivity contribution in [1.82, 2.24) is 5.32 Å². The van der Waals surface area contributed by atoms with Gasteiger partial charge in [0.1, 0.15) is 0 Å². The summed E-state index contributed by atoms with van der Waals surface area (Å²) < 4.78 is 0. The maximum atomic E-state index is 6.44. The first-order chi connectivity index (χ1) is 3.91. The van der Waals surface area contributed by atoms with E-state index in [1.54, 1.807) is 0 Å². The van der Waals surface area contributed by atoms with E-state index < -0.39 is 0 Å². The van der Waals surface area contributed by atoms with Crippen LogP contribution < -0.4 is 5.32 Å². The Kier molecular flexibility index (Phi) is 6.20. The molecule has 0 amide bonds. The van der Waals surface area contributed by atoms with Crippen molar-refractivity contribution in [2.45, 2.75) is 13.3 Å². The Labute approximate surface area is 50.0 Å². The number of hydrogen-bond donors (Lipinski definition) is 2. The number of hydrogen-bond acceptors (Lipinski definition) is 3. The van der Waals surface area contributed by atoms with E-state index in [0.29, 0.717) is 6.54 Å². The molecule has 0 aliphatic rings. The molecule has 0 aromatic heterocycles. The molecule has 0 aliphatic heterocycles. The second-order valence-electron chi connectivity index (χ2n) is 1.59. The highest BCUT2D eigenvalue weighted by Gasteiger charge is 1.80. The van der Waals surface area contributed by atoms with E-state index in [-0.39, 0.29) is 0 Å². The molecule has 8 heavy (non-hydrogen) atoms. The van der Waals surface area contributed by atoms with Crippen molar-refractivity contribution >= 4 is 0 Å². The van der Waals surface area contributed by atoms with E-state index in [1.807, 2.05) is 0 Å². The number of nitrogens with zero attached hydrogens (tertiary/aromatic N) is 1. The average molecular weight is 115 g/mol. The lowest BCUT2D eigenvalue weighted by atomic mass is 10.4. The third kappa shape index (κ3) is 5.56.